The van der Waals surface area contributed by atoms with Gasteiger partial charge in [0.05, 0.1) is 30.7 Å². The topological polar surface area (TPSA) is 78.5 Å². The van der Waals surface area contributed by atoms with E-state index in [2.05, 4.69) is 10.4 Å². The van der Waals surface area contributed by atoms with E-state index in [1.54, 1.807) is 60.3 Å². The van der Waals surface area contributed by atoms with Crippen molar-refractivity contribution >= 4 is 11.6 Å². The predicted octanol–water partition coefficient (Wildman–Crippen LogP) is 5.12. The van der Waals surface area contributed by atoms with Crippen molar-refractivity contribution in [2.75, 3.05) is 12.4 Å². The summed E-state index contributed by atoms with van der Waals surface area (Å²) >= 11 is 0. The molecule has 1 N–H and O–H groups in total. The van der Waals surface area contributed by atoms with Crippen LogP contribution in [0.3, 0.4) is 0 Å². The fourth-order valence-electron chi connectivity index (χ4n) is 3.37. The van der Waals surface area contributed by atoms with Crippen molar-refractivity contribution in [1.29, 1.82) is 0 Å². The summed E-state index contributed by atoms with van der Waals surface area (Å²) in [6.07, 6.45) is 0. The number of hydrogen-bond donors (Lipinski definition) is 1. The Morgan fingerprint density at radius 1 is 1.03 bits per heavy atom. The normalized spacial score (nSPS) is 10.8. The Balaban J connectivity index is 1.39. The summed E-state index contributed by atoms with van der Waals surface area (Å²) in [6.45, 7) is 4.35. The van der Waals surface area contributed by atoms with Crippen LogP contribution in [0.4, 0.5) is 10.1 Å². The molecule has 0 spiro atoms. The van der Waals surface area contributed by atoms with Gasteiger partial charge in [0.1, 0.15) is 29.7 Å². The van der Waals surface area contributed by atoms with Gasteiger partial charge >= 0.3 is 0 Å². The zero-order valence-corrected chi connectivity index (χ0v) is 18.6. The number of ether oxygens (including phenoxy) is 2. The Kier molecular flexibility index (Phi) is 6.44. The molecule has 170 valence electrons. The van der Waals surface area contributed by atoms with Crippen molar-refractivity contribution in [1.82, 2.24) is 9.78 Å². The standard InChI is InChI=1S/C25H24FN3O4/c1-16-24(17(2)29(28-16)14-18-4-6-19(26)7-5-18)27-25(30)23-13-12-22(33-23)15-32-21-10-8-20(31-3)9-11-21/h4-13H,14-15H2,1-3H3,(H,27,30). The second kappa shape index (κ2) is 9.60. The molecule has 0 aliphatic carbocycles. The van der Waals surface area contributed by atoms with Crippen LogP contribution in [-0.4, -0.2) is 22.8 Å². The van der Waals surface area contributed by atoms with Crippen LogP contribution in [0.25, 0.3) is 0 Å². The zero-order valence-electron chi connectivity index (χ0n) is 18.6. The molecule has 4 rings (SSSR count). The van der Waals surface area contributed by atoms with Crippen molar-refractivity contribution in [2.45, 2.75) is 27.0 Å². The smallest absolute Gasteiger partial charge is 0.291 e. The lowest BCUT2D eigenvalue weighted by Crippen LogP contribution is -2.12. The lowest BCUT2D eigenvalue weighted by molar-refractivity contribution is 0.0992. The van der Waals surface area contributed by atoms with Gasteiger partial charge < -0.3 is 19.2 Å². The summed E-state index contributed by atoms with van der Waals surface area (Å²) in [4.78, 5) is 12.7. The van der Waals surface area contributed by atoms with E-state index in [1.807, 2.05) is 13.8 Å². The third-order valence-electron chi connectivity index (χ3n) is 5.19. The highest BCUT2D eigenvalue weighted by atomic mass is 19.1. The molecule has 0 radical (unpaired) electrons. The minimum absolute atomic E-state index is 0.174. The second-order valence-electron chi connectivity index (χ2n) is 7.51. The number of amides is 1. The van der Waals surface area contributed by atoms with Gasteiger partial charge in [0.15, 0.2) is 5.76 Å². The van der Waals surface area contributed by atoms with Crippen LogP contribution in [0.2, 0.25) is 0 Å². The summed E-state index contributed by atoms with van der Waals surface area (Å²) in [7, 11) is 1.60. The molecule has 0 aliphatic heterocycles. The first-order valence-electron chi connectivity index (χ1n) is 10.4. The summed E-state index contributed by atoms with van der Waals surface area (Å²) in [5.41, 5.74) is 3.00. The average Bonchev–Trinajstić information content (AvgIpc) is 3.40. The minimum Gasteiger partial charge on any atom is -0.497 e. The number of hydrogen-bond acceptors (Lipinski definition) is 5. The molecule has 0 saturated carbocycles. The van der Waals surface area contributed by atoms with Gasteiger partial charge in [0.2, 0.25) is 0 Å². The van der Waals surface area contributed by atoms with E-state index in [-0.39, 0.29) is 24.1 Å². The van der Waals surface area contributed by atoms with Crippen LogP contribution in [-0.2, 0) is 13.2 Å². The van der Waals surface area contributed by atoms with E-state index in [4.69, 9.17) is 13.9 Å². The highest BCUT2D eigenvalue weighted by Crippen LogP contribution is 2.23. The van der Waals surface area contributed by atoms with Crippen molar-refractivity contribution in [3.8, 4) is 11.5 Å². The van der Waals surface area contributed by atoms with Gasteiger partial charge in [-0.05, 0) is 67.9 Å². The Morgan fingerprint density at radius 3 is 2.42 bits per heavy atom. The van der Waals surface area contributed by atoms with E-state index >= 15 is 0 Å². The van der Waals surface area contributed by atoms with Gasteiger partial charge in [-0.1, -0.05) is 12.1 Å². The van der Waals surface area contributed by atoms with Gasteiger partial charge in [0.25, 0.3) is 5.91 Å². The SMILES string of the molecule is COc1ccc(OCc2ccc(C(=O)Nc3c(C)nn(Cc4ccc(F)cc4)c3C)o2)cc1. The lowest BCUT2D eigenvalue weighted by atomic mass is 10.2. The van der Waals surface area contributed by atoms with Gasteiger partial charge in [-0.2, -0.15) is 5.10 Å². The van der Waals surface area contributed by atoms with Crippen LogP contribution >= 0.6 is 0 Å². The van der Waals surface area contributed by atoms with Gasteiger partial charge in [-0.25, -0.2) is 4.39 Å². The molecule has 0 saturated heterocycles. The number of aryl methyl sites for hydroxylation is 1. The number of anilines is 1. The molecule has 0 atom stereocenters. The summed E-state index contributed by atoms with van der Waals surface area (Å²) < 4.78 is 31.4. The molecule has 8 heteroatoms. The van der Waals surface area contributed by atoms with Gasteiger partial charge in [-0.15, -0.1) is 0 Å². The van der Waals surface area contributed by atoms with Crippen molar-refractivity contribution < 1.29 is 23.1 Å². The molecule has 0 bridgehead atoms. The molecular weight excluding hydrogens is 425 g/mol. The number of furan rings is 1. The quantitative estimate of drug-likeness (QED) is 0.404. The van der Waals surface area contributed by atoms with Crippen LogP contribution < -0.4 is 14.8 Å². The number of carbonyl (C=O) groups is 1. The van der Waals surface area contributed by atoms with Crippen LogP contribution in [0.5, 0.6) is 11.5 Å². The van der Waals surface area contributed by atoms with E-state index in [0.717, 1.165) is 17.0 Å². The highest BCUT2D eigenvalue weighted by Gasteiger charge is 2.18. The number of aromatic nitrogens is 2. The van der Waals surface area contributed by atoms with E-state index in [1.165, 1.54) is 12.1 Å². The number of halogens is 1. The Hall–Kier alpha value is -4.07. The summed E-state index contributed by atoms with van der Waals surface area (Å²) in [5, 5.41) is 7.38. The maximum Gasteiger partial charge on any atom is 0.291 e. The molecule has 2 heterocycles. The van der Waals surface area contributed by atoms with Crippen molar-refractivity contribution in [3.05, 3.63) is 95.0 Å². The van der Waals surface area contributed by atoms with E-state index in [9.17, 15) is 9.18 Å². The molecule has 0 aliphatic rings. The number of benzene rings is 2. The summed E-state index contributed by atoms with van der Waals surface area (Å²) in [5.74, 6) is 1.44. The van der Waals surface area contributed by atoms with E-state index in [0.29, 0.717) is 29.4 Å². The summed E-state index contributed by atoms with van der Waals surface area (Å²) in [6, 6.07) is 16.8. The zero-order chi connectivity index (χ0) is 23.4. The van der Waals surface area contributed by atoms with Crippen molar-refractivity contribution in [3.63, 3.8) is 0 Å². The molecule has 0 fully saturated rings. The molecule has 0 unspecified atom stereocenters. The molecule has 7 nitrogen and oxygen atoms in total. The first-order valence-corrected chi connectivity index (χ1v) is 10.4. The van der Waals surface area contributed by atoms with Gasteiger partial charge in [0, 0.05) is 0 Å². The molecular formula is C25H24FN3O4. The third-order valence-corrected chi connectivity index (χ3v) is 5.19. The van der Waals surface area contributed by atoms with Crippen LogP contribution in [0.15, 0.2) is 65.1 Å². The number of rotatable bonds is 8. The fraction of sp³-hybridized carbons (Fsp3) is 0.200. The maximum atomic E-state index is 13.2. The average molecular weight is 449 g/mol. The lowest BCUT2D eigenvalue weighted by Gasteiger charge is -2.07. The Bertz CT molecular complexity index is 1240. The first-order chi connectivity index (χ1) is 15.9. The van der Waals surface area contributed by atoms with Crippen LogP contribution in [0, 0.1) is 19.7 Å². The monoisotopic (exact) mass is 449 g/mol. The molecule has 2 aromatic heterocycles. The number of nitrogens with zero attached hydrogens (tertiary/aromatic N) is 2. The molecule has 4 aromatic rings. The number of nitrogens with one attached hydrogen (secondary N) is 1. The Morgan fingerprint density at radius 2 is 1.73 bits per heavy atom. The molecule has 33 heavy (non-hydrogen) atoms. The van der Waals surface area contributed by atoms with Crippen LogP contribution in [0.1, 0.15) is 33.3 Å². The first kappa shape index (κ1) is 22.1. The van der Waals surface area contributed by atoms with Gasteiger partial charge in [-0.3, -0.25) is 9.48 Å². The second-order valence-corrected chi connectivity index (χ2v) is 7.51. The Labute approximate surface area is 190 Å². The molecule has 2 aromatic carbocycles. The fourth-order valence-corrected chi connectivity index (χ4v) is 3.37. The maximum absolute atomic E-state index is 13.2. The number of carbonyl (C=O) groups excluding carboxylic acids is 1. The minimum atomic E-state index is -0.377. The van der Waals surface area contributed by atoms with E-state index < -0.39 is 0 Å². The van der Waals surface area contributed by atoms with Crippen molar-refractivity contribution in [2.24, 2.45) is 0 Å². The number of methoxy groups -OCH3 is 1. The largest absolute Gasteiger partial charge is 0.497 e. The highest BCUT2D eigenvalue weighted by molar-refractivity contribution is 6.02. The molecule has 1 amide bonds. The predicted molar refractivity (Wildman–Crippen MR) is 121 cm³/mol. The third kappa shape index (κ3) is 5.23.